The third-order valence-electron chi connectivity index (χ3n) is 3.29. The zero-order chi connectivity index (χ0) is 12.9. The molecule has 7 heteroatoms. The number of hydrogen-bond acceptors (Lipinski definition) is 3. The minimum absolute atomic E-state index is 0.0776. The minimum Gasteiger partial charge on any atom is -0.356 e. The molecule has 2 aliphatic rings. The first-order valence-corrected chi connectivity index (χ1v) is 8.54. The first-order valence-electron chi connectivity index (χ1n) is 5.52. The second kappa shape index (κ2) is 4.18. The molecule has 96 valence electrons. The Morgan fingerprint density at radius 3 is 2.61 bits per heavy atom. The van der Waals surface area contributed by atoms with Gasteiger partial charge in [0.15, 0.2) is 14.9 Å². The van der Waals surface area contributed by atoms with E-state index in [0.717, 1.165) is 10.2 Å². The number of sulfone groups is 1. The van der Waals surface area contributed by atoms with Crippen molar-refractivity contribution in [3.63, 3.8) is 0 Å². The Hall–Kier alpha value is -0.660. The fraction of sp³-hybridized carbons (Fsp3) is 0.364. The van der Waals surface area contributed by atoms with Crippen molar-refractivity contribution in [1.29, 1.82) is 0 Å². The molecule has 2 heterocycles. The van der Waals surface area contributed by atoms with Crippen molar-refractivity contribution in [3.05, 3.63) is 28.7 Å². The van der Waals surface area contributed by atoms with E-state index in [1.54, 1.807) is 0 Å². The van der Waals surface area contributed by atoms with E-state index in [9.17, 15) is 8.42 Å². The molecule has 1 aromatic rings. The molecular formula is C11H11BrN2O2S2. The smallest absolute Gasteiger partial charge is 0.174 e. The molecule has 3 rings (SSSR count). The summed E-state index contributed by atoms with van der Waals surface area (Å²) in [6.07, 6.45) is 0. The van der Waals surface area contributed by atoms with E-state index < -0.39 is 9.84 Å². The summed E-state index contributed by atoms with van der Waals surface area (Å²) in [5.74, 6) is 0.339. The van der Waals surface area contributed by atoms with Crippen LogP contribution in [0.15, 0.2) is 28.7 Å². The van der Waals surface area contributed by atoms with Crippen molar-refractivity contribution < 1.29 is 8.42 Å². The van der Waals surface area contributed by atoms with Crippen molar-refractivity contribution in [2.45, 2.75) is 12.1 Å². The molecule has 0 aromatic heterocycles. The summed E-state index contributed by atoms with van der Waals surface area (Å²) in [5, 5.41) is 3.71. The van der Waals surface area contributed by atoms with Gasteiger partial charge in [0.2, 0.25) is 0 Å². The lowest BCUT2D eigenvalue weighted by Crippen LogP contribution is -2.36. The number of halogens is 1. The van der Waals surface area contributed by atoms with Gasteiger partial charge in [-0.05, 0) is 36.5 Å². The molecule has 0 amide bonds. The number of thiocarbonyl (C=S) groups is 1. The van der Waals surface area contributed by atoms with Crippen LogP contribution in [-0.4, -0.2) is 37.1 Å². The van der Waals surface area contributed by atoms with Crippen LogP contribution in [0.3, 0.4) is 0 Å². The summed E-state index contributed by atoms with van der Waals surface area (Å²) in [5.41, 5.74) is 0.931. The van der Waals surface area contributed by atoms with Crippen molar-refractivity contribution in [2.24, 2.45) is 0 Å². The highest BCUT2D eigenvalue weighted by molar-refractivity contribution is 9.10. The maximum atomic E-state index is 11.7. The molecule has 0 saturated carbocycles. The van der Waals surface area contributed by atoms with Crippen LogP contribution in [0.2, 0.25) is 0 Å². The van der Waals surface area contributed by atoms with E-state index in [-0.39, 0.29) is 23.6 Å². The van der Waals surface area contributed by atoms with Crippen LogP contribution in [0.1, 0.15) is 0 Å². The largest absolute Gasteiger partial charge is 0.356 e. The monoisotopic (exact) mass is 346 g/mol. The van der Waals surface area contributed by atoms with Crippen LogP contribution in [0, 0.1) is 0 Å². The summed E-state index contributed by atoms with van der Waals surface area (Å²) in [7, 11) is -2.95. The summed E-state index contributed by atoms with van der Waals surface area (Å²) < 4.78 is 24.3. The van der Waals surface area contributed by atoms with Gasteiger partial charge in [-0.2, -0.15) is 0 Å². The summed E-state index contributed by atoms with van der Waals surface area (Å²) >= 11 is 8.67. The lowest BCUT2D eigenvalue weighted by atomic mass is 10.1. The third kappa shape index (κ3) is 2.04. The second-order valence-electron chi connectivity index (χ2n) is 4.55. The Morgan fingerprint density at radius 2 is 1.94 bits per heavy atom. The molecule has 1 aromatic carbocycles. The fourth-order valence-electron chi connectivity index (χ4n) is 2.51. The first kappa shape index (κ1) is 12.4. The highest BCUT2D eigenvalue weighted by Gasteiger charge is 2.47. The Labute approximate surface area is 119 Å². The average Bonchev–Trinajstić information content (AvgIpc) is 2.70. The van der Waals surface area contributed by atoms with Gasteiger partial charge >= 0.3 is 0 Å². The highest BCUT2D eigenvalue weighted by Crippen LogP contribution is 2.30. The number of anilines is 1. The quantitative estimate of drug-likeness (QED) is 0.777. The van der Waals surface area contributed by atoms with Gasteiger partial charge in [0.25, 0.3) is 0 Å². The second-order valence-corrected chi connectivity index (χ2v) is 8.00. The summed E-state index contributed by atoms with van der Waals surface area (Å²) in [4.78, 5) is 1.91. The molecular weight excluding hydrogens is 336 g/mol. The molecule has 0 bridgehead atoms. The standard InChI is InChI=1S/C11H11BrN2O2S2/c12-7-1-3-8(4-2-7)14-10-6-18(15,16)5-9(10)13-11(14)17/h1-4,9-10H,5-6H2,(H,13,17)/t9-,10-/m1/s1. The lowest BCUT2D eigenvalue weighted by Gasteiger charge is -2.23. The molecule has 0 spiro atoms. The van der Waals surface area contributed by atoms with Gasteiger partial charge in [-0.1, -0.05) is 15.9 Å². The SMILES string of the molecule is O=S1(=O)C[C@@H]2[C@@H](C1)NC(=S)N2c1ccc(Br)cc1. The van der Waals surface area contributed by atoms with E-state index in [0.29, 0.717) is 5.11 Å². The van der Waals surface area contributed by atoms with Crippen molar-refractivity contribution in [3.8, 4) is 0 Å². The molecule has 2 atom stereocenters. The zero-order valence-corrected chi connectivity index (χ0v) is 12.6. The van der Waals surface area contributed by atoms with Gasteiger partial charge < -0.3 is 10.2 Å². The Balaban J connectivity index is 1.96. The van der Waals surface area contributed by atoms with Gasteiger partial charge in [0.1, 0.15) is 0 Å². The summed E-state index contributed by atoms with van der Waals surface area (Å²) in [6.45, 7) is 0. The molecule has 2 aliphatic heterocycles. The van der Waals surface area contributed by atoms with Gasteiger partial charge in [0.05, 0.1) is 23.6 Å². The number of fused-ring (bicyclic) bond motifs is 1. The van der Waals surface area contributed by atoms with Crippen LogP contribution in [-0.2, 0) is 9.84 Å². The highest BCUT2D eigenvalue weighted by atomic mass is 79.9. The van der Waals surface area contributed by atoms with Gasteiger partial charge in [-0.3, -0.25) is 0 Å². The molecule has 1 N–H and O–H groups in total. The zero-order valence-electron chi connectivity index (χ0n) is 9.34. The Bertz CT molecular complexity index is 600. The lowest BCUT2D eigenvalue weighted by molar-refractivity contribution is 0.600. The molecule has 18 heavy (non-hydrogen) atoms. The minimum atomic E-state index is -2.95. The molecule has 2 saturated heterocycles. The number of hydrogen-bond donors (Lipinski definition) is 1. The van der Waals surface area contributed by atoms with Crippen LogP contribution in [0.5, 0.6) is 0 Å². The van der Waals surface area contributed by atoms with Gasteiger partial charge in [-0.15, -0.1) is 0 Å². The molecule has 0 aliphatic carbocycles. The van der Waals surface area contributed by atoms with E-state index in [1.165, 1.54) is 0 Å². The van der Waals surface area contributed by atoms with Crippen LogP contribution >= 0.6 is 28.1 Å². The Kier molecular flexibility index (Phi) is 2.87. The predicted molar refractivity (Wildman–Crippen MR) is 78.6 cm³/mol. The van der Waals surface area contributed by atoms with Crippen molar-refractivity contribution in [2.75, 3.05) is 16.4 Å². The van der Waals surface area contributed by atoms with E-state index >= 15 is 0 Å². The molecule has 0 radical (unpaired) electrons. The maximum absolute atomic E-state index is 11.7. The molecule has 4 nitrogen and oxygen atoms in total. The fourth-order valence-corrected chi connectivity index (χ4v) is 5.06. The number of rotatable bonds is 1. The van der Waals surface area contributed by atoms with Crippen molar-refractivity contribution in [1.82, 2.24) is 5.32 Å². The topological polar surface area (TPSA) is 49.4 Å². The van der Waals surface area contributed by atoms with Gasteiger partial charge in [-0.25, -0.2) is 8.42 Å². The van der Waals surface area contributed by atoms with Gasteiger partial charge in [0, 0.05) is 10.2 Å². The first-order chi connectivity index (χ1) is 8.46. The predicted octanol–water partition coefficient (Wildman–Crippen LogP) is 1.31. The average molecular weight is 347 g/mol. The van der Waals surface area contributed by atoms with Crippen LogP contribution in [0.25, 0.3) is 0 Å². The normalized spacial score (nSPS) is 29.2. The number of nitrogens with zero attached hydrogens (tertiary/aromatic N) is 1. The molecule has 0 unspecified atom stereocenters. The van der Waals surface area contributed by atoms with E-state index in [2.05, 4.69) is 21.2 Å². The van der Waals surface area contributed by atoms with Crippen LogP contribution in [0.4, 0.5) is 5.69 Å². The van der Waals surface area contributed by atoms with Crippen molar-refractivity contribution >= 4 is 48.8 Å². The number of benzene rings is 1. The van der Waals surface area contributed by atoms with E-state index in [1.807, 2.05) is 29.2 Å². The maximum Gasteiger partial charge on any atom is 0.174 e. The summed E-state index contributed by atoms with van der Waals surface area (Å²) in [6, 6.07) is 7.56. The molecule has 2 fully saturated rings. The Morgan fingerprint density at radius 1 is 1.28 bits per heavy atom. The number of nitrogens with one attached hydrogen (secondary N) is 1. The van der Waals surface area contributed by atoms with E-state index in [4.69, 9.17) is 12.2 Å². The van der Waals surface area contributed by atoms with Crippen LogP contribution < -0.4 is 10.2 Å². The third-order valence-corrected chi connectivity index (χ3v) is 5.85.